The number of carbonyl (C=O) groups excluding carboxylic acids is 1. The largest absolute Gasteiger partial charge is 0.477 e. The summed E-state index contributed by atoms with van der Waals surface area (Å²) < 4.78 is 8.45. The lowest BCUT2D eigenvalue weighted by Gasteiger charge is -2.15. The van der Waals surface area contributed by atoms with Gasteiger partial charge in [-0.25, -0.2) is 4.79 Å². The minimum Gasteiger partial charge on any atom is -0.477 e. The second-order valence-electron chi connectivity index (χ2n) is 3.42. The molecular weight excluding hydrogens is 354 g/mol. The van der Waals surface area contributed by atoms with E-state index in [1.807, 2.05) is 0 Å². The van der Waals surface area contributed by atoms with E-state index in [4.69, 9.17) is 51.1 Å². The predicted molar refractivity (Wildman–Crippen MR) is 79.7 cm³/mol. The van der Waals surface area contributed by atoms with Gasteiger partial charge < -0.3 is 9.47 Å². The highest BCUT2D eigenvalue weighted by Crippen LogP contribution is 2.45. The molecule has 1 aromatic carbocycles. The molecule has 0 spiro atoms. The van der Waals surface area contributed by atoms with Gasteiger partial charge in [-0.3, -0.25) is 0 Å². The lowest BCUT2D eigenvalue weighted by Crippen LogP contribution is -2.25. The van der Waals surface area contributed by atoms with Gasteiger partial charge in [0.25, 0.3) is 0 Å². The summed E-state index contributed by atoms with van der Waals surface area (Å²) in [6, 6.07) is 4.87. The van der Waals surface area contributed by atoms with Crippen LogP contribution in [0.2, 0.25) is 5.02 Å². The standard InChI is InChI=1S/C11H10Cl4O3S/c1-6(10(16)17-2)18-9-4-3-7(5-8(9)12)19-11(13,14)15/h3-6H,1-2H3. The number of esters is 1. The van der Waals surface area contributed by atoms with Crippen molar-refractivity contribution in [2.75, 3.05) is 7.11 Å². The number of alkyl halides is 3. The molecule has 1 aromatic rings. The maximum Gasteiger partial charge on any atom is 0.346 e. The molecule has 19 heavy (non-hydrogen) atoms. The summed E-state index contributed by atoms with van der Waals surface area (Å²) in [6.45, 7) is 1.56. The molecule has 0 aliphatic rings. The Morgan fingerprint density at radius 1 is 1.37 bits per heavy atom. The number of hydrogen-bond acceptors (Lipinski definition) is 4. The van der Waals surface area contributed by atoms with Crippen molar-refractivity contribution in [3.8, 4) is 5.75 Å². The Kier molecular flexibility index (Phi) is 6.40. The van der Waals surface area contributed by atoms with Crippen LogP contribution in [-0.2, 0) is 9.53 Å². The predicted octanol–water partition coefficient (Wildman–Crippen LogP) is 4.70. The summed E-state index contributed by atoms with van der Waals surface area (Å²) in [5, 5.41) is 0.315. The van der Waals surface area contributed by atoms with Gasteiger partial charge in [0, 0.05) is 4.90 Å². The van der Waals surface area contributed by atoms with Gasteiger partial charge in [-0.05, 0) is 25.1 Å². The van der Waals surface area contributed by atoms with E-state index in [9.17, 15) is 4.79 Å². The first-order valence-electron chi connectivity index (χ1n) is 5.02. The number of hydrogen-bond donors (Lipinski definition) is 0. The quantitative estimate of drug-likeness (QED) is 0.441. The third kappa shape index (κ3) is 5.88. The maximum absolute atomic E-state index is 11.2. The molecule has 1 unspecified atom stereocenters. The van der Waals surface area contributed by atoms with Crippen LogP contribution >= 0.6 is 58.2 Å². The first-order valence-corrected chi connectivity index (χ1v) is 7.35. The van der Waals surface area contributed by atoms with Crippen LogP contribution in [-0.4, -0.2) is 22.3 Å². The van der Waals surface area contributed by atoms with Gasteiger partial charge in [0.1, 0.15) is 5.75 Å². The summed E-state index contributed by atoms with van der Waals surface area (Å²) in [5.41, 5.74) is 0. The van der Waals surface area contributed by atoms with E-state index in [1.165, 1.54) is 7.11 Å². The topological polar surface area (TPSA) is 35.5 Å². The molecule has 0 heterocycles. The molecular formula is C11H10Cl4O3S. The van der Waals surface area contributed by atoms with Crippen molar-refractivity contribution >= 4 is 64.1 Å². The molecule has 3 nitrogen and oxygen atoms in total. The number of rotatable bonds is 4. The average molecular weight is 364 g/mol. The molecule has 0 aromatic heterocycles. The fourth-order valence-electron chi connectivity index (χ4n) is 1.18. The summed E-state index contributed by atoms with van der Waals surface area (Å²) in [4.78, 5) is 11.9. The fourth-order valence-corrected chi connectivity index (χ4v) is 2.85. The summed E-state index contributed by atoms with van der Waals surface area (Å²) in [5.74, 6) is -0.135. The van der Waals surface area contributed by atoms with Crippen molar-refractivity contribution in [1.29, 1.82) is 0 Å². The molecule has 1 rings (SSSR count). The fraction of sp³-hybridized carbons (Fsp3) is 0.364. The Labute approximate surface area is 135 Å². The van der Waals surface area contributed by atoms with Crippen molar-refractivity contribution in [2.45, 2.75) is 21.0 Å². The summed E-state index contributed by atoms with van der Waals surface area (Å²) >= 11 is 24.0. The number of halogens is 4. The zero-order chi connectivity index (χ0) is 14.6. The molecule has 0 aliphatic carbocycles. The Morgan fingerprint density at radius 3 is 2.47 bits per heavy atom. The number of carbonyl (C=O) groups is 1. The number of benzene rings is 1. The van der Waals surface area contributed by atoms with Crippen LogP contribution in [0, 0.1) is 0 Å². The maximum atomic E-state index is 11.2. The van der Waals surface area contributed by atoms with Crippen molar-refractivity contribution in [3.05, 3.63) is 23.2 Å². The first kappa shape index (κ1) is 17.1. The summed E-state index contributed by atoms with van der Waals surface area (Å²) in [7, 11) is 1.28. The Balaban J connectivity index is 2.80. The SMILES string of the molecule is COC(=O)C(C)Oc1ccc(SC(Cl)(Cl)Cl)cc1Cl. The second-order valence-corrected chi connectivity index (χ2v) is 8.07. The van der Waals surface area contributed by atoms with Crippen LogP contribution in [0.3, 0.4) is 0 Å². The van der Waals surface area contributed by atoms with Crippen LogP contribution in [0.5, 0.6) is 5.75 Å². The molecule has 0 amide bonds. The van der Waals surface area contributed by atoms with Crippen molar-refractivity contribution in [2.24, 2.45) is 0 Å². The van der Waals surface area contributed by atoms with E-state index in [1.54, 1.807) is 25.1 Å². The van der Waals surface area contributed by atoms with E-state index in [0.29, 0.717) is 15.7 Å². The molecule has 0 bridgehead atoms. The van der Waals surface area contributed by atoms with Crippen LogP contribution in [0.15, 0.2) is 23.1 Å². The van der Waals surface area contributed by atoms with Gasteiger partial charge in [-0.2, -0.15) is 0 Å². The Morgan fingerprint density at radius 2 is 2.00 bits per heavy atom. The third-order valence-corrected chi connectivity index (χ3v) is 3.68. The van der Waals surface area contributed by atoms with Gasteiger partial charge >= 0.3 is 5.97 Å². The van der Waals surface area contributed by atoms with Crippen molar-refractivity contribution in [3.63, 3.8) is 0 Å². The van der Waals surface area contributed by atoms with Crippen LogP contribution in [0.1, 0.15) is 6.92 Å². The third-order valence-electron chi connectivity index (χ3n) is 1.97. The Bertz CT molecular complexity index is 462. The average Bonchev–Trinajstić information content (AvgIpc) is 2.29. The molecule has 0 radical (unpaired) electrons. The first-order chi connectivity index (χ1) is 8.73. The molecule has 8 heteroatoms. The highest BCUT2D eigenvalue weighted by Gasteiger charge is 2.22. The van der Waals surface area contributed by atoms with E-state index in [0.717, 1.165) is 11.8 Å². The van der Waals surface area contributed by atoms with Crippen molar-refractivity contribution in [1.82, 2.24) is 0 Å². The molecule has 0 saturated heterocycles. The van der Waals surface area contributed by atoms with E-state index < -0.39 is 15.2 Å². The van der Waals surface area contributed by atoms with Crippen LogP contribution < -0.4 is 4.74 Å². The van der Waals surface area contributed by atoms with Crippen molar-refractivity contribution < 1.29 is 14.3 Å². The van der Waals surface area contributed by atoms with E-state index in [2.05, 4.69) is 4.74 Å². The van der Waals surface area contributed by atoms with E-state index in [-0.39, 0.29) is 0 Å². The lowest BCUT2D eigenvalue weighted by atomic mass is 10.3. The minimum absolute atomic E-state index is 0.315. The van der Waals surface area contributed by atoms with Crippen LogP contribution in [0.25, 0.3) is 0 Å². The molecule has 0 fully saturated rings. The van der Waals surface area contributed by atoms with Gasteiger partial charge in [0.15, 0.2) is 6.10 Å². The highest BCUT2D eigenvalue weighted by molar-refractivity contribution is 8.04. The normalized spacial score (nSPS) is 12.9. The molecule has 106 valence electrons. The molecule has 0 aliphatic heterocycles. The molecule has 0 saturated carbocycles. The second kappa shape index (κ2) is 7.14. The zero-order valence-electron chi connectivity index (χ0n) is 9.95. The number of methoxy groups -OCH3 is 1. The zero-order valence-corrected chi connectivity index (χ0v) is 13.8. The van der Waals surface area contributed by atoms with Gasteiger partial charge in [-0.1, -0.05) is 58.2 Å². The van der Waals surface area contributed by atoms with Crippen LogP contribution in [0.4, 0.5) is 0 Å². The monoisotopic (exact) mass is 362 g/mol. The number of thioether (sulfide) groups is 1. The van der Waals surface area contributed by atoms with Gasteiger partial charge in [-0.15, -0.1) is 0 Å². The minimum atomic E-state index is -1.47. The Hall–Kier alpha value is -0.000000000000000167. The van der Waals surface area contributed by atoms with Gasteiger partial charge in [0.05, 0.1) is 12.1 Å². The molecule has 0 N–H and O–H groups in total. The highest BCUT2D eigenvalue weighted by atomic mass is 35.6. The van der Waals surface area contributed by atoms with E-state index >= 15 is 0 Å². The smallest absolute Gasteiger partial charge is 0.346 e. The molecule has 1 atom stereocenters. The lowest BCUT2D eigenvalue weighted by molar-refractivity contribution is -0.147. The summed E-state index contributed by atoms with van der Waals surface area (Å²) in [6.07, 6.45) is -0.755. The van der Waals surface area contributed by atoms with Gasteiger partial charge in [0.2, 0.25) is 3.12 Å². The number of ether oxygens (including phenoxy) is 2.